The number of hydrogen-bond acceptors (Lipinski definition) is 2. The van der Waals surface area contributed by atoms with Crippen molar-refractivity contribution in [3.63, 3.8) is 0 Å². The Balaban J connectivity index is 1.75. The summed E-state index contributed by atoms with van der Waals surface area (Å²) in [5.74, 6) is 0.686. The first kappa shape index (κ1) is 16.3. The smallest absolute Gasteiger partial charge is 0.225 e. The van der Waals surface area contributed by atoms with Gasteiger partial charge in [0.1, 0.15) is 0 Å². The van der Waals surface area contributed by atoms with Gasteiger partial charge in [-0.2, -0.15) is 0 Å². The summed E-state index contributed by atoms with van der Waals surface area (Å²) < 4.78 is 0. The number of carbonyl (C=O) groups is 2. The van der Waals surface area contributed by atoms with Crippen LogP contribution in [0.1, 0.15) is 65.2 Å². The molecule has 0 spiro atoms. The van der Waals surface area contributed by atoms with E-state index in [2.05, 4.69) is 5.32 Å². The average Bonchev–Trinajstić information content (AvgIpc) is 2.79. The van der Waals surface area contributed by atoms with Gasteiger partial charge in [0.25, 0.3) is 0 Å². The zero-order valence-electron chi connectivity index (χ0n) is 13.6. The van der Waals surface area contributed by atoms with E-state index in [1.807, 2.05) is 18.7 Å². The van der Waals surface area contributed by atoms with Crippen LogP contribution in [0.2, 0.25) is 0 Å². The van der Waals surface area contributed by atoms with Crippen LogP contribution in [0, 0.1) is 11.8 Å². The van der Waals surface area contributed by atoms with Gasteiger partial charge in [-0.25, -0.2) is 0 Å². The maximum absolute atomic E-state index is 12.3. The maximum atomic E-state index is 12.3. The highest BCUT2D eigenvalue weighted by molar-refractivity contribution is 5.89. The lowest BCUT2D eigenvalue weighted by Gasteiger charge is -2.22. The van der Waals surface area contributed by atoms with Crippen LogP contribution in [-0.2, 0) is 9.59 Å². The predicted molar refractivity (Wildman–Crippen MR) is 83.8 cm³/mol. The Labute approximate surface area is 128 Å². The van der Waals surface area contributed by atoms with E-state index >= 15 is 0 Å². The maximum Gasteiger partial charge on any atom is 0.225 e. The Hall–Kier alpha value is -1.06. The van der Waals surface area contributed by atoms with E-state index in [0.29, 0.717) is 18.9 Å². The summed E-state index contributed by atoms with van der Waals surface area (Å²) in [7, 11) is 0. The molecule has 1 atom stereocenters. The van der Waals surface area contributed by atoms with Crippen molar-refractivity contribution in [3.8, 4) is 0 Å². The van der Waals surface area contributed by atoms with Gasteiger partial charge < -0.3 is 10.2 Å². The second-order valence-electron chi connectivity index (χ2n) is 7.00. The lowest BCUT2D eigenvalue weighted by Crippen LogP contribution is -2.37. The van der Waals surface area contributed by atoms with Gasteiger partial charge in [-0.1, -0.05) is 32.1 Å². The Morgan fingerprint density at radius 3 is 2.38 bits per heavy atom. The number of carbonyl (C=O) groups excluding carboxylic acids is 2. The molecule has 2 amide bonds. The number of nitrogens with zero attached hydrogens (tertiary/aromatic N) is 1. The number of amides is 2. The van der Waals surface area contributed by atoms with E-state index in [-0.39, 0.29) is 23.8 Å². The summed E-state index contributed by atoms with van der Waals surface area (Å²) in [6.07, 6.45) is 9.50. The van der Waals surface area contributed by atoms with Gasteiger partial charge in [0, 0.05) is 25.6 Å². The number of nitrogens with one attached hydrogen (secondary N) is 1. The first-order valence-electron chi connectivity index (χ1n) is 8.65. The molecule has 0 bridgehead atoms. The van der Waals surface area contributed by atoms with Crippen molar-refractivity contribution in [2.24, 2.45) is 11.8 Å². The highest BCUT2D eigenvalue weighted by atomic mass is 16.2. The standard InChI is InChI=1S/C17H30N2O2/c1-13(2)19-12-15(10-16(19)20)17(21)18-11-14-8-6-4-3-5-7-9-14/h13-15H,3-12H2,1-2H3,(H,18,21)/t15-/m1/s1. The van der Waals surface area contributed by atoms with Crippen LogP contribution in [0.25, 0.3) is 0 Å². The van der Waals surface area contributed by atoms with E-state index in [1.54, 1.807) is 0 Å². The molecule has 1 saturated heterocycles. The van der Waals surface area contributed by atoms with E-state index in [4.69, 9.17) is 0 Å². The molecule has 0 aromatic rings. The molecule has 1 saturated carbocycles. The summed E-state index contributed by atoms with van der Waals surface area (Å²) in [5, 5.41) is 3.10. The van der Waals surface area contributed by atoms with Crippen molar-refractivity contribution < 1.29 is 9.59 Å². The van der Waals surface area contributed by atoms with Crippen LogP contribution >= 0.6 is 0 Å². The molecule has 4 heteroatoms. The normalized spacial score (nSPS) is 25.0. The SMILES string of the molecule is CC(C)N1C[C@H](C(=O)NCC2CCCCCCC2)CC1=O. The minimum Gasteiger partial charge on any atom is -0.356 e. The molecule has 2 rings (SSSR count). The molecular weight excluding hydrogens is 264 g/mol. The molecule has 0 aromatic heterocycles. The second kappa shape index (κ2) is 7.81. The van der Waals surface area contributed by atoms with Crippen LogP contribution in [0.5, 0.6) is 0 Å². The second-order valence-corrected chi connectivity index (χ2v) is 7.00. The molecule has 1 heterocycles. The lowest BCUT2D eigenvalue weighted by atomic mass is 9.91. The van der Waals surface area contributed by atoms with Crippen molar-refractivity contribution in [1.29, 1.82) is 0 Å². The van der Waals surface area contributed by atoms with Crippen molar-refractivity contribution in [2.75, 3.05) is 13.1 Å². The van der Waals surface area contributed by atoms with Crippen molar-refractivity contribution in [2.45, 2.75) is 71.3 Å². The molecule has 1 aliphatic carbocycles. The summed E-state index contributed by atoms with van der Waals surface area (Å²) in [6, 6.07) is 0.195. The van der Waals surface area contributed by atoms with Crippen LogP contribution < -0.4 is 5.32 Å². The predicted octanol–water partition coefficient (Wildman–Crippen LogP) is 2.72. The monoisotopic (exact) mass is 294 g/mol. The van der Waals surface area contributed by atoms with Gasteiger partial charge >= 0.3 is 0 Å². The van der Waals surface area contributed by atoms with E-state index in [1.165, 1.54) is 44.9 Å². The molecule has 0 radical (unpaired) electrons. The molecule has 0 unspecified atom stereocenters. The Morgan fingerprint density at radius 1 is 1.19 bits per heavy atom. The molecule has 2 fully saturated rings. The van der Waals surface area contributed by atoms with Crippen LogP contribution in [0.3, 0.4) is 0 Å². The summed E-state index contributed by atoms with van der Waals surface area (Å²) >= 11 is 0. The fourth-order valence-electron chi connectivity index (χ4n) is 3.54. The van der Waals surface area contributed by atoms with E-state index < -0.39 is 0 Å². The summed E-state index contributed by atoms with van der Waals surface area (Å²) in [4.78, 5) is 26.0. The molecule has 2 aliphatic rings. The third kappa shape index (κ3) is 4.72. The quantitative estimate of drug-likeness (QED) is 0.866. The Kier molecular flexibility index (Phi) is 6.07. The minimum absolute atomic E-state index is 0.0774. The van der Waals surface area contributed by atoms with Gasteiger partial charge in [0.05, 0.1) is 5.92 Å². The van der Waals surface area contributed by atoms with E-state index in [0.717, 1.165) is 6.54 Å². The zero-order valence-corrected chi connectivity index (χ0v) is 13.6. The zero-order chi connectivity index (χ0) is 15.2. The van der Waals surface area contributed by atoms with Gasteiger partial charge in [-0.3, -0.25) is 9.59 Å². The lowest BCUT2D eigenvalue weighted by molar-refractivity contribution is -0.130. The molecule has 4 nitrogen and oxygen atoms in total. The molecule has 1 N–H and O–H groups in total. The number of hydrogen-bond donors (Lipinski definition) is 1. The number of likely N-dealkylation sites (tertiary alicyclic amines) is 1. The summed E-state index contributed by atoms with van der Waals surface area (Å²) in [6.45, 7) is 5.40. The van der Waals surface area contributed by atoms with E-state index in [9.17, 15) is 9.59 Å². The highest BCUT2D eigenvalue weighted by Gasteiger charge is 2.35. The van der Waals surface area contributed by atoms with Gasteiger partial charge in [-0.05, 0) is 32.6 Å². The average molecular weight is 294 g/mol. The molecule has 1 aliphatic heterocycles. The third-order valence-electron chi connectivity index (χ3n) is 4.94. The van der Waals surface area contributed by atoms with Crippen LogP contribution in [0.4, 0.5) is 0 Å². The fourth-order valence-corrected chi connectivity index (χ4v) is 3.54. The van der Waals surface area contributed by atoms with Gasteiger partial charge in [0.2, 0.25) is 11.8 Å². The first-order valence-corrected chi connectivity index (χ1v) is 8.65. The van der Waals surface area contributed by atoms with Crippen molar-refractivity contribution in [1.82, 2.24) is 10.2 Å². The Morgan fingerprint density at radius 2 is 1.81 bits per heavy atom. The molecular formula is C17H30N2O2. The van der Waals surface area contributed by atoms with Crippen molar-refractivity contribution in [3.05, 3.63) is 0 Å². The van der Waals surface area contributed by atoms with Gasteiger partial charge in [0.15, 0.2) is 0 Å². The fraction of sp³-hybridized carbons (Fsp3) is 0.882. The molecule has 0 aromatic carbocycles. The Bertz CT molecular complexity index is 360. The minimum atomic E-state index is -0.145. The number of rotatable bonds is 4. The molecule has 120 valence electrons. The molecule has 21 heavy (non-hydrogen) atoms. The van der Waals surface area contributed by atoms with Crippen LogP contribution in [-0.4, -0.2) is 35.8 Å². The summed E-state index contributed by atoms with van der Waals surface area (Å²) in [5.41, 5.74) is 0. The van der Waals surface area contributed by atoms with Gasteiger partial charge in [-0.15, -0.1) is 0 Å². The van der Waals surface area contributed by atoms with Crippen molar-refractivity contribution >= 4 is 11.8 Å². The highest BCUT2D eigenvalue weighted by Crippen LogP contribution is 2.23. The third-order valence-corrected chi connectivity index (χ3v) is 4.94. The largest absolute Gasteiger partial charge is 0.356 e. The topological polar surface area (TPSA) is 49.4 Å². The first-order chi connectivity index (χ1) is 10.1. The van der Waals surface area contributed by atoms with Crippen LogP contribution in [0.15, 0.2) is 0 Å².